The third-order valence-electron chi connectivity index (χ3n) is 7.26. The van der Waals surface area contributed by atoms with Gasteiger partial charge in [-0.2, -0.15) is 0 Å². The Morgan fingerprint density at radius 3 is 2.50 bits per heavy atom. The van der Waals surface area contributed by atoms with E-state index in [0.29, 0.717) is 24.7 Å². The number of hydrogen-bond acceptors (Lipinski definition) is 4. The second kappa shape index (κ2) is 7.50. The van der Waals surface area contributed by atoms with E-state index in [1.165, 1.54) is 25.0 Å². The average Bonchev–Trinajstić information content (AvgIpc) is 3.54. The summed E-state index contributed by atoms with van der Waals surface area (Å²) in [5, 5.41) is 2.86. The predicted octanol–water partition coefficient (Wildman–Crippen LogP) is 2.02. The molecule has 1 atom stereocenters. The van der Waals surface area contributed by atoms with Gasteiger partial charge < -0.3 is 20.0 Å². The lowest BCUT2D eigenvalue weighted by atomic mass is 9.93. The first-order chi connectivity index (χ1) is 14.5. The maximum Gasteiger partial charge on any atom is 0.321 e. The second-order valence-corrected chi connectivity index (χ2v) is 9.27. The van der Waals surface area contributed by atoms with E-state index >= 15 is 0 Å². The minimum Gasteiger partial charge on any atom is -0.324 e. The summed E-state index contributed by atoms with van der Waals surface area (Å²) in [5.41, 5.74) is 0.338. The standard InChI is InChI=1S/C22H30FN5O2/c1-25-12-13-27-19(15-25)20(29)28(14-16-2-3-16)22(27)8-10-26(11-9-22)21(30)24-18-6-4-17(23)5-7-18/h4-7,16,19H,2-3,8-15H2,1H3,(H,24,30)/t19-/m1/s1. The third-order valence-corrected chi connectivity index (χ3v) is 7.26. The Kier molecular flexibility index (Phi) is 4.94. The van der Waals surface area contributed by atoms with Gasteiger partial charge in [-0.15, -0.1) is 0 Å². The Morgan fingerprint density at radius 2 is 1.83 bits per heavy atom. The number of benzene rings is 1. The van der Waals surface area contributed by atoms with Crippen molar-refractivity contribution in [2.45, 2.75) is 37.4 Å². The summed E-state index contributed by atoms with van der Waals surface area (Å²) >= 11 is 0. The first-order valence-electron chi connectivity index (χ1n) is 11.0. The normalized spacial score (nSPS) is 26.9. The summed E-state index contributed by atoms with van der Waals surface area (Å²) in [6, 6.07) is 5.61. The Morgan fingerprint density at radius 1 is 1.13 bits per heavy atom. The monoisotopic (exact) mass is 415 g/mol. The summed E-state index contributed by atoms with van der Waals surface area (Å²) < 4.78 is 13.1. The number of hydrogen-bond donors (Lipinski definition) is 1. The topological polar surface area (TPSA) is 59.1 Å². The van der Waals surface area contributed by atoms with Crippen LogP contribution < -0.4 is 5.32 Å². The lowest BCUT2D eigenvalue weighted by Gasteiger charge is -2.50. The minimum absolute atomic E-state index is 0.0536. The molecule has 7 nitrogen and oxygen atoms in total. The predicted molar refractivity (Wildman–Crippen MR) is 111 cm³/mol. The molecule has 5 rings (SSSR count). The number of nitrogens with zero attached hydrogens (tertiary/aromatic N) is 4. The summed E-state index contributed by atoms with van der Waals surface area (Å²) in [7, 11) is 2.09. The van der Waals surface area contributed by atoms with E-state index in [-0.39, 0.29) is 29.5 Å². The molecule has 0 unspecified atom stereocenters. The highest BCUT2D eigenvalue weighted by Crippen LogP contribution is 2.44. The molecule has 1 aliphatic carbocycles. The molecule has 3 heterocycles. The molecule has 8 heteroatoms. The Bertz CT molecular complexity index is 819. The SMILES string of the molecule is CN1CCN2[C@H](C1)C(=O)N(CC1CC1)C21CCN(C(=O)Nc2ccc(F)cc2)CC1. The lowest BCUT2D eigenvalue weighted by Crippen LogP contribution is -2.64. The van der Waals surface area contributed by atoms with Crippen molar-refractivity contribution in [3.8, 4) is 0 Å². The summed E-state index contributed by atoms with van der Waals surface area (Å²) in [4.78, 5) is 34.7. The Hall–Kier alpha value is -2.19. The second-order valence-electron chi connectivity index (χ2n) is 9.27. The molecule has 0 radical (unpaired) electrons. The first kappa shape index (κ1) is 19.8. The third kappa shape index (κ3) is 3.46. The first-order valence-corrected chi connectivity index (χ1v) is 11.0. The lowest BCUT2D eigenvalue weighted by molar-refractivity contribution is -0.134. The number of nitrogens with one attached hydrogen (secondary N) is 1. The van der Waals surface area contributed by atoms with Gasteiger partial charge in [0.05, 0.1) is 0 Å². The molecule has 1 saturated carbocycles. The number of urea groups is 1. The fraction of sp³-hybridized carbons (Fsp3) is 0.636. The van der Waals surface area contributed by atoms with E-state index in [0.717, 1.165) is 39.0 Å². The molecule has 1 aromatic rings. The summed E-state index contributed by atoms with van der Waals surface area (Å²) in [6.07, 6.45) is 4.00. The molecule has 1 N–H and O–H groups in total. The molecule has 4 aliphatic rings. The number of halogens is 1. The van der Waals surface area contributed by atoms with Crippen LogP contribution >= 0.6 is 0 Å². The molecule has 0 aromatic heterocycles. The van der Waals surface area contributed by atoms with E-state index in [4.69, 9.17) is 0 Å². The molecule has 30 heavy (non-hydrogen) atoms. The van der Waals surface area contributed by atoms with Gasteiger partial charge in [0.15, 0.2) is 0 Å². The minimum atomic E-state index is -0.323. The maximum atomic E-state index is 13.3. The molecule has 0 bridgehead atoms. The van der Waals surface area contributed by atoms with Gasteiger partial charge in [0.25, 0.3) is 0 Å². The van der Waals surface area contributed by atoms with E-state index in [2.05, 4.69) is 27.1 Å². The molecular weight excluding hydrogens is 385 g/mol. The van der Waals surface area contributed by atoms with Crippen LogP contribution in [0.5, 0.6) is 0 Å². The van der Waals surface area contributed by atoms with Crippen LogP contribution in [-0.2, 0) is 4.79 Å². The van der Waals surface area contributed by atoms with Gasteiger partial charge in [0.2, 0.25) is 5.91 Å². The number of anilines is 1. The van der Waals surface area contributed by atoms with Gasteiger partial charge in [-0.3, -0.25) is 9.69 Å². The van der Waals surface area contributed by atoms with Crippen LogP contribution in [0.25, 0.3) is 0 Å². The van der Waals surface area contributed by atoms with Crippen LogP contribution in [0, 0.1) is 11.7 Å². The Balaban J connectivity index is 1.30. The van der Waals surface area contributed by atoms with Gasteiger partial charge in [0.1, 0.15) is 17.5 Å². The highest BCUT2D eigenvalue weighted by Gasteiger charge is 2.59. The number of likely N-dealkylation sites (tertiary alicyclic amines) is 1. The average molecular weight is 416 g/mol. The quantitative estimate of drug-likeness (QED) is 0.821. The Labute approximate surface area is 176 Å². The van der Waals surface area contributed by atoms with Gasteiger partial charge in [0, 0.05) is 57.8 Å². The van der Waals surface area contributed by atoms with E-state index in [1.807, 2.05) is 4.90 Å². The number of rotatable bonds is 3. The van der Waals surface area contributed by atoms with Crippen LogP contribution in [-0.4, -0.2) is 89.6 Å². The van der Waals surface area contributed by atoms with Crippen LogP contribution in [0.15, 0.2) is 24.3 Å². The fourth-order valence-corrected chi connectivity index (χ4v) is 5.35. The number of amides is 3. The van der Waals surface area contributed by atoms with E-state index < -0.39 is 0 Å². The van der Waals surface area contributed by atoms with Crippen molar-refractivity contribution in [1.29, 1.82) is 0 Å². The van der Waals surface area contributed by atoms with Crippen molar-refractivity contribution >= 4 is 17.6 Å². The van der Waals surface area contributed by atoms with Crippen molar-refractivity contribution < 1.29 is 14.0 Å². The molecule has 3 amide bonds. The highest BCUT2D eigenvalue weighted by molar-refractivity contribution is 5.89. The van der Waals surface area contributed by atoms with Crippen LogP contribution in [0.3, 0.4) is 0 Å². The summed E-state index contributed by atoms with van der Waals surface area (Å²) in [5.74, 6) is 0.596. The molecule has 4 fully saturated rings. The van der Waals surface area contributed by atoms with Crippen molar-refractivity contribution in [3.05, 3.63) is 30.1 Å². The fourth-order valence-electron chi connectivity index (χ4n) is 5.35. The van der Waals surface area contributed by atoms with Crippen LogP contribution in [0.1, 0.15) is 25.7 Å². The number of carbonyl (C=O) groups excluding carboxylic acids is 2. The number of likely N-dealkylation sites (N-methyl/N-ethyl adjacent to an activating group) is 1. The maximum absolute atomic E-state index is 13.3. The van der Waals surface area contributed by atoms with Crippen molar-refractivity contribution in [2.24, 2.45) is 5.92 Å². The van der Waals surface area contributed by atoms with E-state index in [1.54, 1.807) is 12.1 Å². The molecule has 3 saturated heterocycles. The largest absolute Gasteiger partial charge is 0.324 e. The molecule has 1 spiro atoms. The van der Waals surface area contributed by atoms with E-state index in [9.17, 15) is 14.0 Å². The molecule has 1 aromatic carbocycles. The van der Waals surface area contributed by atoms with Gasteiger partial charge in [-0.05, 0) is 50.1 Å². The number of fused-ring (bicyclic) bond motifs is 2. The smallest absolute Gasteiger partial charge is 0.321 e. The zero-order valence-corrected chi connectivity index (χ0v) is 17.5. The van der Waals surface area contributed by atoms with Crippen LogP contribution in [0.2, 0.25) is 0 Å². The number of carbonyl (C=O) groups is 2. The molecule has 3 aliphatic heterocycles. The van der Waals surface area contributed by atoms with Gasteiger partial charge in [-0.1, -0.05) is 0 Å². The zero-order chi connectivity index (χ0) is 20.9. The van der Waals surface area contributed by atoms with Crippen LogP contribution in [0.4, 0.5) is 14.9 Å². The van der Waals surface area contributed by atoms with Gasteiger partial charge in [-0.25, -0.2) is 9.18 Å². The zero-order valence-electron chi connectivity index (χ0n) is 17.5. The molecular formula is C22H30FN5O2. The van der Waals surface area contributed by atoms with Crippen molar-refractivity contribution in [2.75, 3.05) is 51.6 Å². The number of piperazine rings is 1. The van der Waals surface area contributed by atoms with Gasteiger partial charge >= 0.3 is 6.03 Å². The molecule has 162 valence electrons. The van der Waals surface area contributed by atoms with Crippen molar-refractivity contribution in [3.63, 3.8) is 0 Å². The number of piperidine rings is 1. The highest BCUT2D eigenvalue weighted by atomic mass is 19.1. The summed E-state index contributed by atoms with van der Waals surface area (Å²) in [6.45, 7) is 4.74. The van der Waals surface area contributed by atoms with Crippen molar-refractivity contribution in [1.82, 2.24) is 19.6 Å².